The van der Waals surface area contributed by atoms with Crippen molar-refractivity contribution < 1.29 is 22.6 Å². The molecule has 0 amide bonds. The normalized spacial score (nSPS) is 11.4. The molecular weight excluding hydrogens is 297 g/mol. The van der Waals surface area contributed by atoms with Crippen molar-refractivity contribution in [2.45, 2.75) is 25.4 Å². The molecule has 0 unspecified atom stereocenters. The summed E-state index contributed by atoms with van der Waals surface area (Å²) in [7, 11) is 2.81. The van der Waals surface area contributed by atoms with Crippen LogP contribution >= 0.6 is 0 Å². The lowest BCUT2D eigenvalue weighted by Gasteiger charge is -2.21. The van der Waals surface area contributed by atoms with E-state index in [1.54, 1.807) is 30.3 Å². The Kier molecular flexibility index (Phi) is 5.64. The highest BCUT2D eigenvalue weighted by molar-refractivity contribution is 5.47. The highest BCUT2D eigenvalue weighted by Crippen LogP contribution is 2.38. The molecule has 1 aromatic carbocycles. The van der Waals surface area contributed by atoms with Crippen LogP contribution in [0.3, 0.4) is 0 Å². The molecule has 0 aliphatic heterocycles. The van der Waals surface area contributed by atoms with Gasteiger partial charge in [0.2, 0.25) is 0 Å². The van der Waals surface area contributed by atoms with Crippen molar-refractivity contribution in [3.63, 3.8) is 0 Å². The van der Waals surface area contributed by atoms with Gasteiger partial charge in [0.15, 0.2) is 11.5 Å². The first-order valence-corrected chi connectivity index (χ1v) is 6.40. The van der Waals surface area contributed by atoms with Gasteiger partial charge >= 0.3 is 6.18 Å². The third-order valence-electron chi connectivity index (χ3n) is 3.24. The molecule has 0 bridgehead atoms. The van der Waals surface area contributed by atoms with Crippen LogP contribution in [0.2, 0.25) is 0 Å². The summed E-state index contributed by atoms with van der Waals surface area (Å²) in [6, 6.07) is 8.28. The van der Waals surface area contributed by atoms with E-state index < -0.39 is 24.4 Å². The zero-order valence-electron chi connectivity index (χ0n) is 12.2. The minimum Gasteiger partial charge on any atom is -0.493 e. The van der Waals surface area contributed by atoms with Gasteiger partial charge in [-0.05, 0) is 12.5 Å². The van der Waals surface area contributed by atoms with E-state index in [2.05, 4.69) is 0 Å². The Labute approximate surface area is 126 Å². The topological polar surface area (TPSA) is 66.0 Å². The predicted molar refractivity (Wildman–Crippen MR) is 72.2 cm³/mol. The Morgan fingerprint density at radius 3 is 2.14 bits per heavy atom. The molecule has 118 valence electrons. The third-order valence-corrected chi connectivity index (χ3v) is 3.24. The van der Waals surface area contributed by atoms with Crippen LogP contribution < -0.4 is 9.47 Å². The minimum atomic E-state index is -4.42. The quantitative estimate of drug-likeness (QED) is 0.804. The summed E-state index contributed by atoms with van der Waals surface area (Å²) < 4.78 is 47.5. The van der Waals surface area contributed by atoms with E-state index in [9.17, 15) is 23.7 Å². The fourth-order valence-electron chi connectivity index (χ4n) is 2.08. The molecule has 0 atom stereocenters. The van der Waals surface area contributed by atoms with Gasteiger partial charge in [0, 0.05) is 18.4 Å². The van der Waals surface area contributed by atoms with Crippen LogP contribution in [0, 0.1) is 28.1 Å². The van der Waals surface area contributed by atoms with Crippen molar-refractivity contribution in [2.75, 3.05) is 14.2 Å². The van der Waals surface area contributed by atoms with Crippen LogP contribution in [-0.4, -0.2) is 20.4 Å². The van der Waals surface area contributed by atoms with E-state index in [0.717, 1.165) is 0 Å². The molecule has 0 radical (unpaired) electrons. The molecular formula is C15H15F3N2O2. The summed E-state index contributed by atoms with van der Waals surface area (Å²) in [5, 5.41) is 18.4. The van der Waals surface area contributed by atoms with E-state index >= 15 is 0 Å². The second kappa shape index (κ2) is 7.04. The van der Waals surface area contributed by atoms with Gasteiger partial charge in [-0.2, -0.15) is 23.7 Å². The summed E-state index contributed by atoms with van der Waals surface area (Å²) >= 11 is 0. The van der Waals surface area contributed by atoms with Gasteiger partial charge in [0.25, 0.3) is 0 Å². The first kappa shape index (κ1) is 17.6. The number of para-hydroxylation sites is 1. The molecule has 0 spiro atoms. The van der Waals surface area contributed by atoms with Crippen molar-refractivity contribution in [2.24, 2.45) is 5.41 Å². The maximum atomic E-state index is 12.4. The second-order valence-electron chi connectivity index (χ2n) is 4.75. The molecule has 0 fully saturated rings. The largest absolute Gasteiger partial charge is 0.493 e. The molecule has 4 nitrogen and oxygen atoms in total. The number of halogens is 3. The number of ether oxygens (including phenoxy) is 2. The summed E-state index contributed by atoms with van der Waals surface area (Å²) in [6.45, 7) is 0. The molecule has 0 saturated heterocycles. The van der Waals surface area contributed by atoms with Crippen molar-refractivity contribution in [1.82, 2.24) is 0 Å². The summed E-state index contributed by atoms with van der Waals surface area (Å²) in [4.78, 5) is 0. The Morgan fingerprint density at radius 1 is 1.05 bits per heavy atom. The number of methoxy groups -OCH3 is 2. The highest BCUT2D eigenvalue weighted by atomic mass is 19.4. The van der Waals surface area contributed by atoms with Gasteiger partial charge in [0.05, 0.1) is 26.4 Å². The Morgan fingerprint density at radius 2 is 1.68 bits per heavy atom. The molecule has 1 rings (SSSR count). The molecule has 7 heteroatoms. The summed E-state index contributed by atoms with van der Waals surface area (Å²) in [5.74, 6) is 0.701. The Hall–Kier alpha value is -2.41. The number of hydrogen-bond acceptors (Lipinski definition) is 4. The fourth-order valence-corrected chi connectivity index (χ4v) is 2.08. The maximum absolute atomic E-state index is 12.4. The molecule has 0 N–H and O–H groups in total. The number of rotatable bonds is 6. The predicted octanol–water partition coefficient (Wildman–Crippen LogP) is 3.62. The first-order chi connectivity index (χ1) is 10.3. The molecule has 0 aliphatic rings. The van der Waals surface area contributed by atoms with Gasteiger partial charge in [-0.3, -0.25) is 0 Å². The Balaban J connectivity index is 3.12. The lowest BCUT2D eigenvalue weighted by molar-refractivity contribution is -0.138. The molecule has 0 aliphatic carbocycles. The molecule has 22 heavy (non-hydrogen) atoms. The molecule has 0 heterocycles. The minimum absolute atomic E-state index is 0.170. The van der Waals surface area contributed by atoms with Crippen LogP contribution in [0.25, 0.3) is 0 Å². The third kappa shape index (κ3) is 4.29. The SMILES string of the molecule is COc1cccc(CC(C#N)(C#N)CCC(F)(F)F)c1OC. The maximum Gasteiger partial charge on any atom is 0.389 e. The first-order valence-electron chi connectivity index (χ1n) is 6.40. The van der Waals surface area contributed by atoms with Gasteiger partial charge in [-0.15, -0.1) is 0 Å². The molecule has 1 aromatic rings. The fraction of sp³-hybridized carbons (Fsp3) is 0.467. The van der Waals surface area contributed by atoms with Crippen LogP contribution in [-0.2, 0) is 6.42 Å². The average Bonchev–Trinajstić information content (AvgIpc) is 2.50. The van der Waals surface area contributed by atoms with Crippen molar-refractivity contribution in [1.29, 1.82) is 10.5 Å². The van der Waals surface area contributed by atoms with Crippen LogP contribution in [0.1, 0.15) is 18.4 Å². The number of alkyl halides is 3. The van der Waals surface area contributed by atoms with E-state index in [0.29, 0.717) is 17.1 Å². The van der Waals surface area contributed by atoms with Gasteiger partial charge in [0.1, 0.15) is 5.41 Å². The zero-order chi connectivity index (χ0) is 16.8. The molecule has 0 aromatic heterocycles. The number of nitrogens with zero attached hydrogens (tertiary/aromatic N) is 2. The monoisotopic (exact) mass is 312 g/mol. The van der Waals surface area contributed by atoms with Crippen LogP contribution in [0.5, 0.6) is 11.5 Å². The number of hydrogen-bond donors (Lipinski definition) is 0. The number of benzene rings is 1. The van der Waals surface area contributed by atoms with E-state index in [1.165, 1.54) is 14.2 Å². The van der Waals surface area contributed by atoms with E-state index in [1.807, 2.05) is 0 Å². The van der Waals surface area contributed by atoms with E-state index in [4.69, 9.17) is 9.47 Å². The second-order valence-corrected chi connectivity index (χ2v) is 4.75. The highest BCUT2D eigenvalue weighted by Gasteiger charge is 2.37. The average molecular weight is 312 g/mol. The molecule has 0 saturated carbocycles. The number of nitriles is 2. The smallest absolute Gasteiger partial charge is 0.389 e. The zero-order valence-corrected chi connectivity index (χ0v) is 12.2. The lowest BCUT2D eigenvalue weighted by atomic mass is 9.80. The summed E-state index contributed by atoms with van der Waals surface area (Å²) in [6.07, 6.45) is -6.38. The van der Waals surface area contributed by atoms with Gasteiger partial charge < -0.3 is 9.47 Å². The van der Waals surface area contributed by atoms with Crippen LogP contribution in [0.4, 0.5) is 13.2 Å². The lowest BCUT2D eigenvalue weighted by Crippen LogP contribution is -2.23. The van der Waals surface area contributed by atoms with Crippen molar-refractivity contribution in [3.05, 3.63) is 23.8 Å². The Bertz CT molecular complexity index is 586. The van der Waals surface area contributed by atoms with Crippen molar-refractivity contribution >= 4 is 0 Å². The van der Waals surface area contributed by atoms with Gasteiger partial charge in [-0.25, -0.2) is 0 Å². The van der Waals surface area contributed by atoms with E-state index in [-0.39, 0.29) is 6.42 Å². The van der Waals surface area contributed by atoms with Crippen molar-refractivity contribution in [3.8, 4) is 23.6 Å². The van der Waals surface area contributed by atoms with Crippen LogP contribution in [0.15, 0.2) is 18.2 Å². The summed E-state index contributed by atoms with van der Waals surface area (Å²) in [5.41, 5.74) is -1.32. The standard InChI is InChI=1S/C15H15F3N2O2/c1-21-12-5-3-4-11(13(12)22-2)8-14(9-19,10-20)6-7-15(16,17)18/h3-5H,6-8H2,1-2H3. The van der Waals surface area contributed by atoms with Gasteiger partial charge in [-0.1, -0.05) is 12.1 Å².